The van der Waals surface area contributed by atoms with Crippen molar-refractivity contribution in [2.24, 2.45) is 5.73 Å². The van der Waals surface area contributed by atoms with Crippen molar-refractivity contribution in [1.29, 1.82) is 0 Å². The molecule has 3 heteroatoms. The number of hydrogen-bond acceptors (Lipinski definition) is 3. The standard InChI is InChI=1S/C16H19NO2/c1-12-10-14(16(2,17)18)8-9-15(12)19-11-13-6-4-3-5-7-13/h3-10,18H,11,17H2,1-2H3. The molecule has 1 unspecified atom stereocenters. The first-order chi connectivity index (χ1) is 8.97. The Morgan fingerprint density at radius 3 is 2.42 bits per heavy atom. The van der Waals surface area contributed by atoms with Crippen LogP contribution in [0.4, 0.5) is 0 Å². The van der Waals surface area contributed by atoms with Crippen LogP contribution in [0, 0.1) is 6.92 Å². The molecular formula is C16H19NO2. The Labute approximate surface area is 113 Å². The van der Waals surface area contributed by atoms with Crippen LogP contribution in [0.1, 0.15) is 23.6 Å². The van der Waals surface area contributed by atoms with Crippen molar-refractivity contribution in [1.82, 2.24) is 0 Å². The van der Waals surface area contributed by atoms with Gasteiger partial charge in [0.15, 0.2) is 0 Å². The number of ether oxygens (including phenoxy) is 1. The van der Waals surface area contributed by atoms with Crippen LogP contribution in [0.3, 0.4) is 0 Å². The van der Waals surface area contributed by atoms with Gasteiger partial charge in [-0.15, -0.1) is 0 Å². The summed E-state index contributed by atoms with van der Waals surface area (Å²) in [5.74, 6) is 0.803. The maximum atomic E-state index is 9.75. The summed E-state index contributed by atoms with van der Waals surface area (Å²) in [5.41, 5.74) is 7.10. The van der Waals surface area contributed by atoms with Crippen LogP contribution in [0.25, 0.3) is 0 Å². The summed E-state index contributed by atoms with van der Waals surface area (Å²) in [6, 6.07) is 15.5. The summed E-state index contributed by atoms with van der Waals surface area (Å²) >= 11 is 0. The van der Waals surface area contributed by atoms with Crippen molar-refractivity contribution >= 4 is 0 Å². The molecule has 0 amide bonds. The van der Waals surface area contributed by atoms with E-state index < -0.39 is 5.72 Å². The van der Waals surface area contributed by atoms with Crippen LogP contribution in [0.15, 0.2) is 48.5 Å². The fourth-order valence-corrected chi connectivity index (χ4v) is 1.86. The van der Waals surface area contributed by atoms with Gasteiger partial charge in [-0.25, -0.2) is 0 Å². The molecule has 3 nitrogen and oxygen atoms in total. The average molecular weight is 257 g/mol. The monoisotopic (exact) mass is 257 g/mol. The fraction of sp³-hybridized carbons (Fsp3) is 0.250. The Bertz CT molecular complexity index is 544. The SMILES string of the molecule is Cc1cc(C(C)(N)O)ccc1OCc1ccccc1. The van der Waals surface area contributed by atoms with Crippen molar-refractivity contribution in [3.8, 4) is 5.75 Å². The summed E-state index contributed by atoms with van der Waals surface area (Å²) in [5, 5.41) is 9.75. The van der Waals surface area contributed by atoms with Crippen LogP contribution in [-0.4, -0.2) is 5.11 Å². The summed E-state index contributed by atoms with van der Waals surface area (Å²) in [4.78, 5) is 0. The molecule has 0 bridgehead atoms. The Kier molecular flexibility index (Phi) is 3.88. The quantitative estimate of drug-likeness (QED) is 0.828. The molecule has 0 saturated carbocycles. The molecule has 1 atom stereocenters. The van der Waals surface area contributed by atoms with Gasteiger partial charge in [0.05, 0.1) is 0 Å². The first-order valence-electron chi connectivity index (χ1n) is 6.26. The highest BCUT2D eigenvalue weighted by molar-refractivity contribution is 5.38. The second kappa shape index (κ2) is 5.43. The van der Waals surface area contributed by atoms with E-state index in [1.54, 1.807) is 13.0 Å². The molecule has 0 fully saturated rings. The molecule has 2 aromatic carbocycles. The third-order valence-electron chi connectivity index (χ3n) is 3.00. The smallest absolute Gasteiger partial charge is 0.136 e. The van der Waals surface area contributed by atoms with Crippen LogP contribution < -0.4 is 10.5 Å². The summed E-state index contributed by atoms with van der Waals surface area (Å²) in [6.07, 6.45) is 0. The summed E-state index contributed by atoms with van der Waals surface area (Å²) < 4.78 is 5.77. The lowest BCUT2D eigenvalue weighted by atomic mass is 10.0. The van der Waals surface area contributed by atoms with Crippen molar-refractivity contribution in [3.05, 3.63) is 65.2 Å². The summed E-state index contributed by atoms with van der Waals surface area (Å²) in [6.45, 7) is 4.03. The highest BCUT2D eigenvalue weighted by Crippen LogP contribution is 2.24. The van der Waals surface area contributed by atoms with Gasteiger partial charge in [-0.2, -0.15) is 0 Å². The van der Waals surface area contributed by atoms with Crippen LogP contribution >= 0.6 is 0 Å². The minimum atomic E-state index is -1.32. The van der Waals surface area contributed by atoms with Gasteiger partial charge in [0.1, 0.15) is 18.1 Å². The van der Waals surface area contributed by atoms with E-state index in [1.165, 1.54) is 0 Å². The van der Waals surface area contributed by atoms with E-state index in [0.29, 0.717) is 12.2 Å². The van der Waals surface area contributed by atoms with Crippen molar-refractivity contribution < 1.29 is 9.84 Å². The number of rotatable bonds is 4. The Balaban J connectivity index is 2.10. The minimum absolute atomic E-state index is 0.528. The minimum Gasteiger partial charge on any atom is -0.489 e. The van der Waals surface area contributed by atoms with Crippen LogP contribution in [-0.2, 0) is 12.3 Å². The topological polar surface area (TPSA) is 55.5 Å². The van der Waals surface area contributed by atoms with Gasteiger partial charge < -0.3 is 15.6 Å². The van der Waals surface area contributed by atoms with E-state index >= 15 is 0 Å². The molecule has 0 saturated heterocycles. The van der Waals surface area contributed by atoms with Crippen LogP contribution in [0.2, 0.25) is 0 Å². The van der Waals surface area contributed by atoms with Gasteiger partial charge in [0, 0.05) is 0 Å². The molecule has 0 aliphatic rings. The van der Waals surface area contributed by atoms with Gasteiger partial charge >= 0.3 is 0 Å². The van der Waals surface area contributed by atoms with Gasteiger partial charge in [-0.05, 0) is 42.7 Å². The molecule has 3 N–H and O–H groups in total. The van der Waals surface area contributed by atoms with E-state index in [9.17, 15) is 5.11 Å². The zero-order chi connectivity index (χ0) is 13.9. The van der Waals surface area contributed by atoms with E-state index in [-0.39, 0.29) is 0 Å². The zero-order valence-electron chi connectivity index (χ0n) is 11.3. The molecule has 0 aliphatic heterocycles. The van der Waals surface area contributed by atoms with Gasteiger partial charge in [0.2, 0.25) is 0 Å². The Hall–Kier alpha value is -1.84. The maximum absolute atomic E-state index is 9.75. The van der Waals surface area contributed by atoms with E-state index in [1.807, 2.05) is 49.4 Å². The number of benzene rings is 2. The number of aryl methyl sites for hydroxylation is 1. The molecule has 0 spiro atoms. The average Bonchev–Trinajstić information content (AvgIpc) is 2.37. The Morgan fingerprint density at radius 1 is 1.16 bits per heavy atom. The van der Waals surface area contributed by atoms with Gasteiger partial charge in [-0.3, -0.25) is 0 Å². The third-order valence-corrected chi connectivity index (χ3v) is 3.00. The lowest BCUT2D eigenvalue weighted by Gasteiger charge is -2.19. The highest BCUT2D eigenvalue weighted by atomic mass is 16.5. The van der Waals surface area contributed by atoms with Crippen molar-refractivity contribution in [3.63, 3.8) is 0 Å². The maximum Gasteiger partial charge on any atom is 0.136 e. The normalized spacial score (nSPS) is 13.9. The first-order valence-corrected chi connectivity index (χ1v) is 6.26. The molecule has 2 aromatic rings. The van der Waals surface area contributed by atoms with E-state index in [0.717, 1.165) is 16.9 Å². The molecule has 0 aromatic heterocycles. The third kappa shape index (κ3) is 3.56. The van der Waals surface area contributed by atoms with Gasteiger partial charge in [0.25, 0.3) is 0 Å². The first kappa shape index (κ1) is 13.6. The van der Waals surface area contributed by atoms with Gasteiger partial charge in [-0.1, -0.05) is 36.4 Å². The predicted octanol–water partition coefficient (Wildman–Crippen LogP) is 2.70. The van der Waals surface area contributed by atoms with Crippen LogP contribution in [0.5, 0.6) is 5.75 Å². The summed E-state index contributed by atoms with van der Waals surface area (Å²) in [7, 11) is 0. The Morgan fingerprint density at radius 2 is 1.84 bits per heavy atom. The lowest BCUT2D eigenvalue weighted by Crippen LogP contribution is -2.32. The molecule has 0 aliphatic carbocycles. The molecule has 0 heterocycles. The molecule has 0 radical (unpaired) electrons. The second-order valence-electron chi connectivity index (χ2n) is 4.90. The van der Waals surface area contributed by atoms with E-state index in [2.05, 4.69) is 0 Å². The van der Waals surface area contributed by atoms with Crippen molar-refractivity contribution in [2.75, 3.05) is 0 Å². The fourth-order valence-electron chi connectivity index (χ4n) is 1.86. The lowest BCUT2D eigenvalue weighted by molar-refractivity contribution is 0.0646. The highest BCUT2D eigenvalue weighted by Gasteiger charge is 2.17. The predicted molar refractivity (Wildman–Crippen MR) is 75.7 cm³/mol. The molecule has 100 valence electrons. The second-order valence-corrected chi connectivity index (χ2v) is 4.90. The zero-order valence-corrected chi connectivity index (χ0v) is 11.3. The largest absolute Gasteiger partial charge is 0.489 e. The molecule has 2 rings (SSSR count). The van der Waals surface area contributed by atoms with E-state index in [4.69, 9.17) is 10.5 Å². The number of hydrogen-bond donors (Lipinski definition) is 2. The van der Waals surface area contributed by atoms with Crippen molar-refractivity contribution in [2.45, 2.75) is 26.2 Å². The number of aliphatic hydroxyl groups is 1. The molecule has 19 heavy (non-hydrogen) atoms. The molecular weight excluding hydrogens is 238 g/mol. The number of nitrogens with two attached hydrogens (primary N) is 1.